The molecule has 1 atom stereocenters. The van der Waals surface area contributed by atoms with Gasteiger partial charge in [0.15, 0.2) is 5.96 Å². The summed E-state index contributed by atoms with van der Waals surface area (Å²) in [6.45, 7) is 12.2. The molecule has 2 fully saturated rings. The Kier molecular flexibility index (Phi) is 9.43. The molecule has 2 aromatic rings. The maximum absolute atomic E-state index is 5.75. The highest BCUT2D eigenvalue weighted by Gasteiger charge is 2.24. The molecule has 1 aromatic heterocycles. The van der Waals surface area contributed by atoms with Crippen LogP contribution in [-0.2, 0) is 6.54 Å². The zero-order valence-electron chi connectivity index (χ0n) is 20.4. The van der Waals surface area contributed by atoms with Gasteiger partial charge in [0.05, 0.1) is 12.2 Å². The number of rotatable bonds is 6. The number of likely N-dealkylation sites (tertiary alicyclic amines) is 1. The van der Waals surface area contributed by atoms with Gasteiger partial charge in [-0.2, -0.15) is 0 Å². The van der Waals surface area contributed by atoms with Gasteiger partial charge in [0, 0.05) is 38.4 Å². The standard InChI is InChI=1S/C25H38N6O.HI/c1-18-5-7-23(8-6-18)31-14-11-22(16-31)29-25(26-4)27-15-21-9-12-30(13-10-21)17-24-28-19(2)20(3)32-24;/h5-8,21-22H,9-17H2,1-4H3,(H2,26,27,29);1H. The molecule has 2 aliphatic rings. The third-order valence-corrected chi connectivity index (χ3v) is 6.85. The lowest BCUT2D eigenvalue weighted by Crippen LogP contribution is -2.47. The van der Waals surface area contributed by atoms with Gasteiger partial charge < -0.3 is 20.0 Å². The van der Waals surface area contributed by atoms with Gasteiger partial charge in [-0.1, -0.05) is 17.7 Å². The summed E-state index contributed by atoms with van der Waals surface area (Å²) in [6.07, 6.45) is 3.51. The van der Waals surface area contributed by atoms with E-state index in [4.69, 9.17) is 4.42 Å². The van der Waals surface area contributed by atoms with Crippen molar-refractivity contribution in [1.29, 1.82) is 0 Å². The van der Waals surface area contributed by atoms with E-state index in [1.165, 1.54) is 24.1 Å². The van der Waals surface area contributed by atoms with E-state index < -0.39 is 0 Å². The second kappa shape index (κ2) is 12.1. The molecule has 33 heavy (non-hydrogen) atoms. The summed E-state index contributed by atoms with van der Waals surface area (Å²) in [6, 6.07) is 9.25. The molecule has 0 radical (unpaired) electrons. The molecule has 182 valence electrons. The van der Waals surface area contributed by atoms with Crippen molar-refractivity contribution in [1.82, 2.24) is 20.5 Å². The number of hydrogen-bond donors (Lipinski definition) is 2. The molecule has 2 aliphatic heterocycles. The Morgan fingerprint density at radius 3 is 2.45 bits per heavy atom. The van der Waals surface area contributed by atoms with E-state index in [0.29, 0.717) is 12.0 Å². The summed E-state index contributed by atoms with van der Waals surface area (Å²) in [7, 11) is 1.87. The van der Waals surface area contributed by atoms with Crippen molar-refractivity contribution >= 4 is 35.6 Å². The highest BCUT2D eigenvalue weighted by Crippen LogP contribution is 2.21. The number of guanidine groups is 1. The molecular weight excluding hydrogens is 527 g/mol. The van der Waals surface area contributed by atoms with Crippen molar-refractivity contribution < 1.29 is 4.42 Å². The van der Waals surface area contributed by atoms with Gasteiger partial charge in [0.2, 0.25) is 5.89 Å². The molecule has 7 nitrogen and oxygen atoms in total. The Bertz CT molecular complexity index is 885. The zero-order valence-corrected chi connectivity index (χ0v) is 22.8. The van der Waals surface area contributed by atoms with Crippen LogP contribution < -0.4 is 15.5 Å². The number of nitrogens with one attached hydrogen (secondary N) is 2. The Balaban J connectivity index is 0.00000306. The monoisotopic (exact) mass is 566 g/mol. The number of piperidine rings is 1. The minimum atomic E-state index is 0. The van der Waals surface area contributed by atoms with Gasteiger partial charge in [0.1, 0.15) is 5.76 Å². The smallest absolute Gasteiger partial charge is 0.208 e. The fourth-order valence-electron chi connectivity index (χ4n) is 4.64. The topological polar surface area (TPSA) is 68.9 Å². The SMILES string of the molecule is CN=C(NCC1CCN(Cc2nc(C)c(C)o2)CC1)NC1CCN(c2ccc(C)cc2)C1.I. The van der Waals surface area contributed by atoms with Gasteiger partial charge in [-0.05, 0) is 71.2 Å². The Morgan fingerprint density at radius 1 is 1.09 bits per heavy atom. The van der Waals surface area contributed by atoms with Gasteiger partial charge >= 0.3 is 0 Å². The van der Waals surface area contributed by atoms with Crippen LogP contribution in [-0.4, -0.2) is 61.7 Å². The van der Waals surface area contributed by atoms with Gasteiger partial charge in [-0.15, -0.1) is 24.0 Å². The zero-order chi connectivity index (χ0) is 22.5. The molecule has 2 N–H and O–H groups in total. The van der Waals surface area contributed by atoms with Crippen molar-refractivity contribution in [3.63, 3.8) is 0 Å². The van der Waals surface area contributed by atoms with Crippen LogP contribution in [0.5, 0.6) is 0 Å². The molecular formula is C25H39IN6O. The van der Waals surface area contributed by atoms with Gasteiger partial charge in [0.25, 0.3) is 0 Å². The second-order valence-corrected chi connectivity index (χ2v) is 9.33. The van der Waals surface area contributed by atoms with Crippen LogP contribution in [0.2, 0.25) is 0 Å². The van der Waals surface area contributed by atoms with E-state index in [-0.39, 0.29) is 24.0 Å². The summed E-state index contributed by atoms with van der Waals surface area (Å²) in [5.74, 6) is 3.37. The van der Waals surface area contributed by atoms with Crippen LogP contribution in [0.4, 0.5) is 5.69 Å². The normalized spacial score (nSPS) is 20.1. The number of oxazole rings is 1. The van der Waals surface area contributed by atoms with Crippen LogP contribution in [0.15, 0.2) is 33.7 Å². The van der Waals surface area contributed by atoms with E-state index in [2.05, 4.69) is 61.6 Å². The van der Waals surface area contributed by atoms with Crippen LogP contribution in [0.25, 0.3) is 0 Å². The van der Waals surface area contributed by atoms with E-state index in [1.807, 2.05) is 20.9 Å². The molecule has 3 heterocycles. The Labute approximate surface area is 215 Å². The first-order valence-electron chi connectivity index (χ1n) is 11.9. The summed E-state index contributed by atoms with van der Waals surface area (Å²) in [5.41, 5.74) is 3.62. The number of hydrogen-bond acceptors (Lipinski definition) is 5. The Hall–Kier alpha value is -1.81. The lowest BCUT2D eigenvalue weighted by atomic mass is 9.97. The van der Waals surface area contributed by atoms with Crippen molar-refractivity contribution in [2.45, 2.75) is 52.6 Å². The maximum Gasteiger partial charge on any atom is 0.208 e. The lowest BCUT2D eigenvalue weighted by molar-refractivity contribution is 0.164. The molecule has 8 heteroatoms. The number of benzene rings is 1. The highest BCUT2D eigenvalue weighted by atomic mass is 127. The van der Waals surface area contributed by atoms with Crippen LogP contribution in [0, 0.1) is 26.7 Å². The van der Waals surface area contributed by atoms with E-state index in [9.17, 15) is 0 Å². The average molecular weight is 567 g/mol. The van der Waals surface area contributed by atoms with E-state index in [1.54, 1.807) is 0 Å². The predicted molar refractivity (Wildman–Crippen MR) is 146 cm³/mol. The fourth-order valence-corrected chi connectivity index (χ4v) is 4.64. The number of aromatic nitrogens is 1. The molecule has 1 aromatic carbocycles. The van der Waals surface area contributed by atoms with E-state index >= 15 is 0 Å². The quantitative estimate of drug-likeness (QED) is 0.315. The summed E-state index contributed by atoms with van der Waals surface area (Å²) < 4.78 is 5.75. The maximum atomic E-state index is 5.75. The third-order valence-electron chi connectivity index (χ3n) is 6.85. The number of anilines is 1. The summed E-state index contributed by atoms with van der Waals surface area (Å²) in [5, 5.41) is 7.21. The van der Waals surface area contributed by atoms with Crippen molar-refractivity contribution in [2.24, 2.45) is 10.9 Å². The van der Waals surface area contributed by atoms with E-state index in [0.717, 1.165) is 69.0 Å². The van der Waals surface area contributed by atoms with Crippen LogP contribution in [0.1, 0.15) is 42.2 Å². The first kappa shape index (κ1) is 25.8. The number of nitrogens with zero attached hydrogens (tertiary/aromatic N) is 4. The second-order valence-electron chi connectivity index (χ2n) is 9.33. The molecule has 0 amide bonds. The Morgan fingerprint density at radius 2 is 1.82 bits per heavy atom. The number of aliphatic imine (C=N–C) groups is 1. The number of aryl methyl sites for hydroxylation is 3. The molecule has 2 saturated heterocycles. The molecule has 0 aliphatic carbocycles. The first-order chi connectivity index (χ1) is 15.5. The average Bonchev–Trinajstić information content (AvgIpc) is 3.38. The summed E-state index contributed by atoms with van der Waals surface area (Å²) >= 11 is 0. The predicted octanol–water partition coefficient (Wildman–Crippen LogP) is 3.87. The van der Waals surface area contributed by atoms with Crippen LogP contribution in [0.3, 0.4) is 0 Å². The molecule has 0 saturated carbocycles. The molecule has 1 unspecified atom stereocenters. The summed E-state index contributed by atoms with van der Waals surface area (Å²) in [4.78, 5) is 13.9. The minimum absolute atomic E-state index is 0. The third kappa shape index (κ3) is 7.09. The minimum Gasteiger partial charge on any atom is -0.444 e. The molecule has 0 bridgehead atoms. The van der Waals surface area contributed by atoms with Crippen molar-refractivity contribution in [3.05, 3.63) is 47.2 Å². The van der Waals surface area contributed by atoms with Crippen LogP contribution >= 0.6 is 24.0 Å². The molecule has 0 spiro atoms. The lowest BCUT2D eigenvalue weighted by Gasteiger charge is -2.31. The fraction of sp³-hybridized carbons (Fsp3) is 0.600. The first-order valence-corrected chi connectivity index (χ1v) is 11.9. The van der Waals surface area contributed by atoms with Crippen molar-refractivity contribution in [2.75, 3.05) is 44.7 Å². The highest BCUT2D eigenvalue weighted by molar-refractivity contribution is 14.0. The molecule has 4 rings (SSSR count). The number of halogens is 1. The van der Waals surface area contributed by atoms with Gasteiger partial charge in [-0.3, -0.25) is 9.89 Å². The van der Waals surface area contributed by atoms with Gasteiger partial charge in [-0.25, -0.2) is 4.98 Å². The van der Waals surface area contributed by atoms with Crippen molar-refractivity contribution in [3.8, 4) is 0 Å². The largest absolute Gasteiger partial charge is 0.444 e.